The van der Waals surface area contributed by atoms with Crippen LogP contribution in [-0.2, 0) is 6.42 Å². The van der Waals surface area contributed by atoms with Crippen LogP contribution in [0.3, 0.4) is 0 Å². The Balaban J connectivity index is 1.96. The molecule has 6 nitrogen and oxygen atoms in total. The van der Waals surface area contributed by atoms with Crippen LogP contribution in [0.25, 0.3) is 16.9 Å². The van der Waals surface area contributed by atoms with Gasteiger partial charge in [0.2, 0.25) is 0 Å². The Hall–Kier alpha value is -3.22. The van der Waals surface area contributed by atoms with Crippen molar-refractivity contribution in [1.82, 2.24) is 20.0 Å². The molecule has 3 N–H and O–H groups in total. The zero-order valence-corrected chi connectivity index (χ0v) is 14.6. The summed E-state index contributed by atoms with van der Waals surface area (Å²) in [6, 6.07) is 9.73. The maximum atomic E-state index is 12.7. The molecule has 3 aromatic rings. The van der Waals surface area contributed by atoms with Gasteiger partial charge in [0.1, 0.15) is 0 Å². The van der Waals surface area contributed by atoms with Crippen molar-refractivity contribution in [3.63, 3.8) is 0 Å². The minimum atomic E-state index is -0.356. The van der Waals surface area contributed by atoms with Gasteiger partial charge in [0.25, 0.3) is 0 Å². The van der Waals surface area contributed by atoms with Gasteiger partial charge in [-0.3, -0.25) is 9.37 Å². The molecule has 0 atom stereocenters. The predicted molar refractivity (Wildman–Crippen MR) is 101 cm³/mol. The number of benzene rings is 1. The molecule has 134 valence electrons. The van der Waals surface area contributed by atoms with Gasteiger partial charge in [-0.1, -0.05) is 24.3 Å². The molecular weight excluding hydrogens is 331 g/mol. The molecule has 0 aliphatic rings. The molecule has 0 aliphatic carbocycles. The van der Waals surface area contributed by atoms with Crippen molar-refractivity contribution >= 4 is 5.84 Å². The minimum absolute atomic E-state index is 0.356. The first-order valence-electron chi connectivity index (χ1n) is 8.37. The SMILES string of the molecule is CNN=C(N)c1ccc(-c2ncc(-n3ccnc3)cc2CCCF)cc1. The number of nitrogens with one attached hydrogen (secondary N) is 1. The highest BCUT2D eigenvalue weighted by atomic mass is 19.1. The van der Waals surface area contributed by atoms with Crippen LogP contribution in [0, 0.1) is 0 Å². The molecule has 7 heteroatoms. The average Bonchev–Trinajstić information content (AvgIpc) is 3.21. The molecule has 3 rings (SSSR count). The fraction of sp³-hybridized carbons (Fsp3) is 0.211. The van der Waals surface area contributed by atoms with Gasteiger partial charge in [0.15, 0.2) is 5.84 Å². The van der Waals surface area contributed by atoms with Crippen molar-refractivity contribution in [2.75, 3.05) is 13.7 Å². The summed E-state index contributed by atoms with van der Waals surface area (Å²) in [5.74, 6) is 0.417. The van der Waals surface area contributed by atoms with Crippen molar-refractivity contribution in [3.8, 4) is 16.9 Å². The van der Waals surface area contributed by atoms with E-state index < -0.39 is 0 Å². The van der Waals surface area contributed by atoms with Crippen LogP contribution >= 0.6 is 0 Å². The molecule has 0 aliphatic heterocycles. The Bertz CT molecular complexity index is 872. The minimum Gasteiger partial charge on any atom is -0.382 e. The van der Waals surface area contributed by atoms with Crippen molar-refractivity contribution in [1.29, 1.82) is 0 Å². The van der Waals surface area contributed by atoms with E-state index in [-0.39, 0.29) is 6.67 Å². The van der Waals surface area contributed by atoms with E-state index in [4.69, 9.17) is 5.73 Å². The number of nitrogens with zero attached hydrogens (tertiary/aromatic N) is 4. The molecule has 2 heterocycles. The molecule has 0 unspecified atom stereocenters. The first kappa shape index (κ1) is 17.6. The molecule has 0 amide bonds. The van der Waals surface area contributed by atoms with E-state index in [1.807, 2.05) is 41.1 Å². The number of hydrogen-bond acceptors (Lipinski definition) is 4. The van der Waals surface area contributed by atoms with E-state index in [0.29, 0.717) is 18.7 Å². The Morgan fingerprint density at radius 2 is 2.12 bits per heavy atom. The highest BCUT2D eigenvalue weighted by Crippen LogP contribution is 2.25. The Morgan fingerprint density at radius 3 is 2.77 bits per heavy atom. The molecule has 0 saturated carbocycles. The number of pyridine rings is 1. The number of alkyl halides is 1. The number of rotatable bonds is 7. The Labute approximate surface area is 151 Å². The first-order chi connectivity index (χ1) is 12.7. The fourth-order valence-corrected chi connectivity index (χ4v) is 2.74. The maximum absolute atomic E-state index is 12.7. The van der Waals surface area contributed by atoms with Crippen molar-refractivity contribution in [2.45, 2.75) is 12.8 Å². The van der Waals surface area contributed by atoms with Gasteiger partial charge < -0.3 is 15.7 Å². The summed E-state index contributed by atoms with van der Waals surface area (Å²) >= 11 is 0. The van der Waals surface area contributed by atoms with Crippen molar-refractivity contribution < 1.29 is 4.39 Å². The van der Waals surface area contributed by atoms with E-state index in [1.165, 1.54) is 0 Å². The highest BCUT2D eigenvalue weighted by Gasteiger charge is 2.10. The van der Waals surface area contributed by atoms with Crippen molar-refractivity contribution in [2.24, 2.45) is 10.8 Å². The quantitative estimate of drug-likeness (QED) is 0.389. The fourth-order valence-electron chi connectivity index (χ4n) is 2.74. The van der Waals surface area contributed by atoms with Gasteiger partial charge in [-0.25, -0.2) is 4.98 Å². The number of hydrazone groups is 1. The third-order valence-corrected chi connectivity index (χ3v) is 4.02. The molecule has 0 bridgehead atoms. The number of nitrogens with two attached hydrogens (primary N) is 1. The molecule has 0 spiro atoms. The molecule has 1 aromatic carbocycles. The van der Waals surface area contributed by atoms with Crippen LogP contribution in [0.2, 0.25) is 0 Å². The lowest BCUT2D eigenvalue weighted by Crippen LogP contribution is -2.16. The number of halogens is 1. The van der Waals surface area contributed by atoms with Gasteiger partial charge in [-0.05, 0) is 24.5 Å². The van der Waals surface area contributed by atoms with Crippen LogP contribution < -0.4 is 11.2 Å². The maximum Gasteiger partial charge on any atom is 0.150 e. The summed E-state index contributed by atoms with van der Waals surface area (Å²) in [5.41, 5.74) is 13.1. The topological polar surface area (TPSA) is 81.1 Å². The van der Waals surface area contributed by atoms with E-state index in [0.717, 1.165) is 28.1 Å². The molecule has 0 saturated heterocycles. The second-order valence-electron chi connectivity index (χ2n) is 5.76. The summed E-state index contributed by atoms with van der Waals surface area (Å²) in [5, 5.41) is 3.97. The van der Waals surface area contributed by atoms with Gasteiger partial charge in [-0.2, -0.15) is 5.10 Å². The molecule has 26 heavy (non-hydrogen) atoms. The lowest BCUT2D eigenvalue weighted by atomic mass is 10.0. The van der Waals surface area contributed by atoms with Crippen LogP contribution in [0.5, 0.6) is 0 Å². The van der Waals surface area contributed by atoms with Gasteiger partial charge >= 0.3 is 0 Å². The molecule has 0 fully saturated rings. The van der Waals surface area contributed by atoms with Crippen LogP contribution in [0.15, 0.2) is 60.4 Å². The smallest absolute Gasteiger partial charge is 0.150 e. The number of hydrogen-bond donors (Lipinski definition) is 2. The zero-order valence-electron chi connectivity index (χ0n) is 14.6. The van der Waals surface area contributed by atoms with Crippen LogP contribution in [0.1, 0.15) is 17.5 Å². The normalized spacial score (nSPS) is 11.5. The third kappa shape index (κ3) is 3.88. The van der Waals surface area contributed by atoms with Crippen molar-refractivity contribution in [3.05, 3.63) is 66.4 Å². The van der Waals surface area contributed by atoms with E-state index in [9.17, 15) is 4.39 Å². The lowest BCUT2D eigenvalue weighted by molar-refractivity contribution is 0.473. The summed E-state index contributed by atoms with van der Waals surface area (Å²) in [7, 11) is 1.70. The van der Waals surface area contributed by atoms with Gasteiger partial charge in [0.05, 0.1) is 30.6 Å². The second kappa shape index (κ2) is 8.24. The number of aryl methyl sites for hydroxylation is 1. The molecule has 0 radical (unpaired) electrons. The summed E-state index contributed by atoms with van der Waals surface area (Å²) in [4.78, 5) is 8.68. The second-order valence-corrected chi connectivity index (χ2v) is 5.76. The van der Waals surface area contributed by atoms with Gasteiger partial charge in [0, 0.05) is 30.6 Å². The number of aromatic nitrogens is 3. The van der Waals surface area contributed by atoms with Gasteiger partial charge in [-0.15, -0.1) is 0 Å². The highest BCUT2D eigenvalue weighted by molar-refractivity contribution is 5.97. The zero-order chi connectivity index (χ0) is 18.4. The molecular formula is C19H21FN6. The summed E-state index contributed by atoms with van der Waals surface area (Å²) < 4.78 is 14.6. The number of amidine groups is 1. The first-order valence-corrected chi connectivity index (χ1v) is 8.37. The largest absolute Gasteiger partial charge is 0.382 e. The van der Waals surface area contributed by atoms with Crippen LogP contribution in [0.4, 0.5) is 4.39 Å². The molecule has 2 aromatic heterocycles. The van der Waals surface area contributed by atoms with E-state index in [1.54, 1.807) is 25.8 Å². The third-order valence-electron chi connectivity index (χ3n) is 4.02. The Kier molecular flexibility index (Phi) is 5.58. The number of imidazole rings is 1. The van der Waals surface area contributed by atoms with E-state index >= 15 is 0 Å². The average molecular weight is 352 g/mol. The summed E-state index contributed by atoms with van der Waals surface area (Å²) in [6.45, 7) is -0.356. The lowest BCUT2D eigenvalue weighted by Gasteiger charge is -2.12. The Morgan fingerprint density at radius 1 is 1.31 bits per heavy atom. The predicted octanol–water partition coefficient (Wildman–Crippen LogP) is 2.68. The summed E-state index contributed by atoms with van der Waals surface area (Å²) in [6.07, 6.45) is 8.16. The van der Waals surface area contributed by atoms with E-state index in [2.05, 4.69) is 20.5 Å². The monoisotopic (exact) mass is 352 g/mol. The van der Waals surface area contributed by atoms with Crippen LogP contribution in [-0.4, -0.2) is 34.1 Å². The standard InChI is InChI=1S/C19H21FN6/c1-22-25-19(21)15-6-4-14(5-7-15)18-16(3-2-8-20)11-17(12-24-18)26-10-9-23-13-26/h4-7,9-13,22H,2-3,8H2,1H3,(H2,21,25).